The van der Waals surface area contributed by atoms with Gasteiger partial charge in [-0.05, 0) is 42.0 Å². The largest absolute Gasteiger partial charge is 0.452 e. The molecule has 0 saturated heterocycles. The molecule has 0 atom stereocenters. The molecular formula is C22H24N4O4. The molecule has 0 unspecified atom stereocenters. The van der Waals surface area contributed by atoms with E-state index < -0.39 is 11.7 Å². The number of fused-ring (bicyclic) bond motifs is 1. The van der Waals surface area contributed by atoms with Gasteiger partial charge in [0.15, 0.2) is 12.3 Å². The van der Waals surface area contributed by atoms with Crippen LogP contribution in [0.5, 0.6) is 0 Å². The van der Waals surface area contributed by atoms with Crippen molar-refractivity contribution >= 4 is 17.5 Å². The highest BCUT2D eigenvalue weighted by molar-refractivity contribution is 5.91. The van der Waals surface area contributed by atoms with Gasteiger partial charge in [0.05, 0.1) is 5.56 Å². The van der Waals surface area contributed by atoms with E-state index in [2.05, 4.69) is 36.2 Å². The van der Waals surface area contributed by atoms with Gasteiger partial charge >= 0.3 is 11.7 Å². The molecule has 1 aliphatic carbocycles. The zero-order chi connectivity index (χ0) is 21.3. The predicted molar refractivity (Wildman–Crippen MR) is 110 cm³/mol. The highest BCUT2D eigenvalue weighted by atomic mass is 16.5. The average Bonchev–Trinajstić information content (AvgIpc) is 3.53. The summed E-state index contributed by atoms with van der Waals surface area (Å²) in [6.45, 7) is 4.45. The van der Waals surface area contributed by atoms with Crippen molar-refractivity contribution < 1.29 is 14.3 Å². The summed E-state index contributed by atoms with van der Waals surface area (Å²) in [5.41, 5.74) is 2.44. The van der Waals surface area contributed by atoms with Gasteiger partial charge in [-0.3, -0.25) is 4.79 Å². The summed E-state index contributed by atoms with van der Waals surface area (Å²) in [5.74, 6) is -0.424. The van der Waals surface area contributed by atoms with Crippen LogP contribution in [0.15, 0.2) is 47.4 Å². The predicted octanol–water partition coefficient (Wildman–Crippen LogP) is 2.49. The number of rotatable bonds is 7. The molecule has 0 spiro atoms. The Morgan fingerprint density at radius 2 is 1.93 bits per heavy atom. The minimum absolute atomic E-state index is 0.182. The number of ether oxygens (including phenoxy) is 1. The van der Waals surface area contributed by atoms with Crippen molar-refractivity contribution in [1.29, 1.82) is 0 Å². The van der Waals surface area contributed by atoms with E-state index in [1.54, 1.807) is 4.90 Å². The fourth-order valence-corrected chi connectivity index (χ4v) is 3.33. The van der Waals surface area contributed by atoms with E-state index in [0.717, 1.165) is 18.4 Å². The zero-order valence-corrected chi connectivity index (χ0v) is 17.0. The Kier molecular flexibility index (Phi) is 5.39. The molecule has 0 bridgehead atoms. The minimum atomic E-state index is -0.657. The van der Waals surface area contributed by atoms with E-state index in [-0.39, 0.29) is 24.1 Å². The first-order valence-corrected chi connectivity index (χ1v) is 10.0. The second-order valence-corrected chi connectivity index (χ2v) is 7.90. The maximum absolute atomic E-state index is 12.7. The summed E-state index contributed by atoms with van der Waals surface area (Å²) >= 11 is 0. The molecule has 1 amide bonds. The highest BCUT2D eigenvalue weighted by Gasteiger charge is 2.33. The van der Waals surface area contributed by atoms with Gasteiger partial charge < -0.3 is 9.64 Å². The Hall–Kier alpha value is -3.42. The van der Waals surface area contributed by atoms with Crippen LogP contribution in [0.2, 0.25) is 0 Å². The summed E-state index contributed by atoms with van der Waals surface area (Å²) in [7, 11) is 0. The van der Waals surface area contributed by atoms with E-state index in [9.17, 15) is 14.4 Å². The molecule has 0 radical (unpaired) electrons. The fraction of sp³-hybridized carbons (Fsp3) is 0.364. The number of hydrogen-bond donors (Lipinski definition) is 1. The van der Waals surface area contributed by atoms with Crippen LogP contribution < -0.4 is 5.69 Å². The molecule has 1 aliphatic rings. The number of hydrogen-bond acceptors (Lipinski definition) is 5. The zero-order valence-electron chi connectivity index (χ0n) is 17.0. The highest BCUT2D eigenvalue weighted by Crippen LogP contribution is 2.29. The van der Waals surface area contributed by atoms with Crippen LogP contribution in [-0.4, -0.2) is 44.0 Å². The molecule has 0 aliphatic heterocycles. The van der Waals surface area contributed by atoms with Gasteiger partial charge in [-0.15, -0.1) is 0 Å². The molecule has 3 aromatic rings. The summed E-state index contributed by atoms with van der Waals surface area (Å²) in [6.07, 6.45) is 3.27. The third-order valence-electron chi connectivity index (χ3n) is 5.28. The third kappa shape index (κ3) is 4.27. The number of aromatic amines is 1. The van der Waals surface area contributed by atoms with Gasteiger partial charge in [0.2, 0.25) is 0 Å². The lowest BCUT2D eigenvalue weighted by Gasteiger charge is -2.22. The van der Waals surface area contributed by atoms with Crippen molar-refractivity contribution in [1.82, 2.24) is 19.5 Å². The summed E-state index contributed by atoms with van der Waals surface area (Å²) in [4.78, 5) is 38.5. The van der Waals surface area contributed by atoms with Gasteiger partial charge in [-0.25, -0.2) is 19.1 Å². The molecular weight excluding hydrogens is 384 g/mol. The van der Waals surface area contributed by atoms with Crippen molar-refractivity contribution in [2.75, 3.05) is 6.61 Å². The van der Waals surface area contributed by atoms with Crippen LogP contribution in [0.3, 0.4) is 0 Å². The number of benzene rings is 1. The molecule has 1 N–H and O–H groups in total. The van der Waals surface area contributed by atoms with Crippen LogP contribution in [0, 0.1) is 0 Å². The molecule has 2 aromatic heterocycles. The average molecular weight is 408 g/mol. The van der Waals surface area contributed by atoms with Crippen LogP contribution >= 0.6 is 0 Å². The van der Waals surface area contributed by atoms with Gasteiger partial charge in [-0.1, -0.05) is 38.1 Å². The number of H-pyrrole nitrogens is 1. The minimum Gasteiger partial charge on any atom is -0.452 e. The van der Waals surface area contributed by atoms with E-state index in [1.165, 1.54) is 28.3 Å². The molecule has 1 saturated carbocycles. The third-order valence-corrected chi connectivity index (χ3v) is 5.28. The Bertz CT molecular complexity index is 1130. The first-order chi connectivity index (χ1) is 14.4. The number of esters is 1. The lowest BCUT2D eigenvalue weighted by atomic mass is 10.0. The SMILES string of the molecule is CC(C)c1ccc(CN(C(=O)COC(=O)c2ccc3n[nH]c(=O)n3c2)C2CC2)cc1. The monoisotopic (exact) mass is 408 g/mol. The molecule has 8 heteroatoms. The molecule has 8 nitrogen and oxygen atoms in total. The van der Waals surface area contributed by atoms with E-state index >= 15 is 0 Å². The summed E-state index contributed by atoms with van der Waals surface area (Å²) in [6, 6.07) is 11.5. The van der Waals surface area contributed by atoms with Gasteiger partial charge in [0.1, 0.15) is 0 Å². The number of amides is 1. The van der Waals surface area contributed by atoms with E-state index in [1.807, 2.05) is 12.1 Å². The van der Waals surface area contributed by atoms with Crippen molar-refractivity contribution in [3.63, 3.8) is 0 Å². The maximum Gasteiger partial charge on any atom is 0.347 e. The van der Waals surface area contributed by atoms with Crippen LogP contribution in [-0.2, 0) is 16.1 Å². The number of aromatic nitrogens is 3. The first-order valence-electron chi connectivity index (χ1n) is 10.0. The lowest BCUT2D eigenvalue weighted by Crippen LogP contribution is -2.36. The Balaban J connectivity index is 1.39. The second-order valence-electron chi connectivity index (χ2n) is 7.90. The molecule has 30 heavy (non-hydrogen) atoms. The standard InChI is InChI=1S/C22H24N4O4/c1-14(2)16-5-3-15(4-6-16)11-25(18-8-9-18)20(27)13-30-21(28)17-7-10-19-23-24-22(29)26(19)12-17/h3-7,10,12,14,18H,8-9,11,13H2,1-2H3,(H,24,29). The topological polar surface area (TPSA) is 96.8 Å². The molecule has 156 valence electrons. The molecule has 1 fully saturated rings. The maximum atomic E-state index is 12.7. The van der Waals surface area contributed by atoms with Crippen molar-refractivity contribution in [3.05, 3.63) is 69.8 Å². The molecule has 4 rings (SSSR count). The molecule has 1 aromatic carbocycles. The normalized spacial score (nSPS) is 13.6. The van der Waals surface area contributed by atoms with Gasteiger partial charge in [0.25, 0.3) is 5.91 Å². The van der Waals surface area contributed by atoms with E-state index in [4.69, 9.17) is 4.74 Å². The number of nitrogens with zero attached hydrogens (tertiary/aromatic N) is 3. The van der Waals surface area contributed by atoms with Crippen molar-refractivity contribution in [2.45, 2.75) is 45.2 Å². The molecule has 2 heterocycles. The lowest BCUT2D eigenvalue weighted by molar-refractivity contribution is -0.135. The van der Waals surface area contributed by atoms with Gasteiger partial charge in [-0.2, -0.15) is 5.10 Å². The number of pyridine rings is 1. The Labute approximate surface area is 173 Å². The number of carbonyl (C=O) groups excluding carboxylic acids is 2. The first kappa shape index (κ1) is 19.9. The van der Waals surface area contributed by atoms with Crippen LogP contribution in [0.1, 0.15) is 54.1 Å². The quantitative estimate of drug-likeness (QED) is 0.606. The summed E-state index contributed by atoms with van der Waals surface area (Å²) < 4.78 is 6.44. The van der Waals surface area contributed by atoms with Gasteiger partial charge in [0, 0.05) is 18.8 Å². The van der Waals surface area contributed by atoms with Crippen LogP contribution in [0.4, 0.5) is 0 Å². The van der Waals surface area contributed by atoms with E-state index in [0.29, 0.717) is 18.1 Å². The fourth-order valence-electron chi connectivity index (χ4n) is 3.33. The number of nitrogens with one attached hydrogen (secondary N) is 1. The van der Waals surface area contributed by atoms with Crippen molar-refractivity contribution in [3.8, 4) is 0 Å². The Morgan fingerprint density at radius 1 is 1.20 bits per heavy atom. The van der Waals surface area contributed by atoms with Crippen LogP contribution in [0.25, 0.3) is 5.65 Å². The Morgan fingerprint density at radius 3 is 2.60 bits per heavy atom. The second kappa shape index (κ2) is 8.14. The smallest absolute Gasteiger partial charge is 0.347 e. The summed E-state index contributed by atoms with van der Waals surface area (Å²) in [5, 5.41) is 6.11. The van der Waals surface area contributed by atoms with Crippen molar-refractivity contribution in [2.24, 2.45) is 0 Å². The number of carbonyl (C=O) groups is 2.